The molecule has 10 nitrogen and oxygen atoms in total. The number of primary sulfonamides is 1. The summed E-state index contributed by atoms with van der Waals surface area (Å²) in [5.74, 6) is -3.08. The fraction of sp³-hybridized carbons (Fsp3) is 0.100. The number of carbonyl (C=O) groups is 2. The van der Waals surface area contributed by atoms with Crippen molar-refractivity contribution in [1.29, 1.82) is 0 Å². The summed E-state index contributed by atoms with van der Waals surface area (Å²) >= 11 is 1.22. The Labute approximate surface area is 199 Å². The molecule has 5 rings (SSSR count). The minimum Gasteiger partial charge on any atom is -0.475 e. The highest BCUT2D eigenvalue weighted by molar-refractivity contribution is 8.16. The van der Waals surface area contributed by atoms with Crippen LogP contribution in [0.1, 0.15) is 11.1 Å². The summed E-state index contributed by atoms with van der Waals surface area (Å²) in [5, 5.41) is 21.1. The topological polar surface area (TPSA) is 164 Å². The standard InChI is InChI=1S/C18H13N5O3S2.C2HF3O2/c19-28(25,26)12-4-6-15-13(9-12)18(17(24)21-15)23-22-16(27-18)11-3-5-14-10(8-11)2-1-7-20-14;3-2(4,5)1(6)7/h1-9,23H,(H,21,24)(H2,19,25,26);(H,6,7). The summed E-state index contributed by atoms with van der Waals surface area (Å²) in [4.78, 5) is 24.6. The maximum Gasteiger partial charge on any atom is 0.490 e. The fourth-order valence-corrected chi connectivity index (χ4v) is 4.98. The molecule has 2 aliphatic heterocycles. The normalized spacial score (nSPS) is 18.9. The molecule has 5 N–H and O–H groups in total. The smallest absolute Gasteiger partial charge is 0.475 e. The zero-order valence-corrected chi connectivity index (χ0v) is 18.8. The Morgan fingerprint density at radius 1 is 1.14 bits per heavy atom. The molecule has 3 aromatic rings. The van der Waals surface area contributed by atoms with E-state index in [0.717, 1.165) is 16.5 Å². The van der Waals surface area contributed by atoms with Crippen LogP contribution in [0.2, 0.25) is 0 Å². The maximum atomic E-state index is 12.7. The molecular weight excluding hydrogens is 511 g/mol. The van der Waals surface area contributed by atoms with Gasteiger partial charge < -0.3 is 10.4 Å². The monoisotopic (exact) mass is 525 g/mol. The predicted molar refractivity (Wildman–Crippen MR) is 121 cm³/mol. The van der Waals surface area contributed by atoms with E-state index >= 15 is 0 Å². The number of carbonyl (C=O) groups excluding carboxylic acids is 1. The van der Waals surface area contributed by atoms with Crippen LogP contribution in [-0.2, 0) is 24.5 Å². The molecule has 1 amide bonds. The molecule has 1 aromatic heterocycles. The molecule has 35 heavy (non-hydrogen) atoms. The molecular formula is C20H14F3N5O5S2. The molecule has 0 fully saturated rings. The first-order chi connectivity index (χ1) is 16.3. The molecule has 1 atom stereocenters. The van der Waals surface area contributed by atoms with Crippen molar-refractivity contribution in [2.45, 2.75) is 15.9 Å². The van der Waals surface area contributed by atoms with Crippen molar-refractivity contribution >= 4 is 55.3 Å². The number of nitrogens with one attached hydrogen (secondary N) is 2. The number of sulfonamides is 1. The van der Waals surface area contributed by atoms with Crippen molar-refractivity contribution < 1.29 is 36.3 Å². The fourth-order valence-electron chi connectivity index (χ4n) is 3.30. The predicted octanol–water partition coefficient (Wildman–Crippen LogP) is 2.32. The lowest BCUT2D eigenvalue weighted by Gasteiger charge is -2.20. The van der Waals surface area contributed by atoms with Crippen molar-refractivity contribution in [3.63, 3.8) is 0 Å². The van der Waals surface area contributed by atoms with Gasteiger partial charge in [-0.05, 0) is 36.4 Å². The summed E-state index contributed by atoms with van der Waals surface area (Å²) in [6, 6.07) is 13.8. The zero-order chi connectivity index (χ0) is 25.6. The number of aromatic nitrogens is 1. The number of fused-ring (bicyclic) bond motifs is 3. The molecule has 0 bridgehead atoms. The minimum absolute atomic E-state index is 0.0604. The van der Waals surface area contributed by atoms with E-state index < -0.39 is 27.0 Å². The molecule has 2 aliphatic rings. The number of hydrogen-bond acceptors (Lipinski definition) is 8. The van der Waals surface area contributed by atoms with Crippen molar-refractivity contribution in [3.05, 3.63) is 65.9 Å². The Kier molecular flexibility index (Phi) is 5.94. The number of pyridine rings is 1. The van der Waals surface area contributed by atoms with Gasteiger partial charge in [-0.15, -0.1) is 0 Å². The highest BCUT2D eigenvalue weighted by Crippen LogP contribution is 2.48. The van der Waals surface area contributed by atoms with Crippen LogP contribution in [0.5, 0.6) is 0 Å². The largest absolute Gasteiger partial charge is 0.490 e. The number of thioether (sulfide) groups is 1. The summed E-state index contributed by atoms with van der Waals surface area (Å²) in [7, 11) is -3.90. The number of anilines is 1. The Morgan fingerprint density at radius 2 is 1.86 bits per heavy atom. The summed E-state index contributed by atoms with van der Waals surface area (Å²) in [5.41, 5.74) is 5.60. The van der Waals surface area contributed by atoms with E-state index in [1.807, 2.05) is 30.3 Å². The summed E-state index contributed by atoms with van der Waals surface area (Å²) < 4.78 is 55.2. The van der Waals surface area contributed by atoms with Gasteiger partial charge in [-0.3, -0.25) is 15.2 Å². The summed E-state index contributed by atoms with van der Waals surface area (Å²) in [6.07, 6.45) is -3.36. The van der Waals surface area contributed by atoms with Gasteiger partial charge in [0.1, 0.15) is 5.04 Å². The maximum absolute atomic E-state index is 12.7. The zero-order valence-electron chi connectivity index (χ0n) is 17.2. The third kappa shape index (κ3) is 4.65. The first kappa shape index (κ1) is 24.4. The van der Waals surface area contributed by atoms with Gasteiger partial charge in [-0.2, -0.15) is 18.3 Å². The van der Waals surface area contributed by atoms with Gasteiger partial charge in [-0.25, -0.2) is 18.4 Å². The van der Waals surface area contributed by atoms with Crippen molar-refractivity contribution in [1.82, 2.24) is 10.4 Å². The van der Waals surface area contributed by atoms with E-state index in [-0.39, 0.29) is 10.8 Å². The molecule has 0 radical (unpaired) electrons. The summed E-state index contributed by atoms with van der Waals surface area (Å²) in [6.45, 7) is 0. The lowest BCUT2D eigenvalue weighted by molar-refractivity contribution is -0.192. The van der Waals surface area contributed by atoms with E-state index in [9.17, 15) is 26.4 Å². The second-order valence-corrected chi connectivity index (χ2v) is 10.00. The molecule has 15 heteroatoms. The molecule has 182 valence electrons. The molecule has 1 spiro atoms. The molecule has 0 saturated carbocycles. The van der Waals surface area contributed by atoms with Crippen molar-refractivity contribution in [3.8, 4) is 0 Å². The van der Waals surface area contributed by atoms with Gasteiger partial charge in [0, 0.05) is 28.4 Å². The van der Waals surface area contributed by atoms with Crippen molar-refractivity contribution in [2.24, 2.45) is 10.2 Å². The van der Waals surface area contributed by atoms with Gasteiger partial charge >= 0.3 is 12.1 Å². The van der Waals surface area contributed by atoms with Gasteiger partial charge in [-0.1, -0.05) is 23.9 Å². The number of nitrogens with zero attached hydrogens (tertiary/aromatic N) is 2. The number of aliphatic carboxylic acids is 1. The first-order valence-electron chi connectivity index (χ1n) is 9.49. The van der Waals surface area contributed by atoms with Crippen LogP contribution in [0.25, 0.3) is 10.9 Å². The number of halogens is 3. The number of carboxylic acids is 1. The number of alkyl halides is 3. The molecule has 3 heterocycles. The third-order valence-electron chi connectivity index (χ3n) is 4.92. The van der Waals surface area contributed by atoms with Crippen LogP contribution in [0.15, 0.2) is 64.7 Å². The quantitative estimate of drug-likeness (QED) is 0.396. The first-order valence-corrected chi connectivity index (χ1v) is 11.9. The SMILES string of the molecule is NS(=O)(=O)c1ccc2c(c1)C1(NN=C(c3ccc4ncccc4c3)S1)C(=O)N2.O=C(O)C(F)(F)F. The lowest BCUT2D eigenvalue weighted by Crippen LogP contribution is -2.39. The third-order valence-corrected chi connectivity index (χ3v) is 7.16. The van der Waals surface area contributed by atoms with Gasteiger partial charge in [0.05, 0.1) is 10.4 Å². The number of hydrazone groups is 1. The molecule has 2 aromatic carbocycles. The van der Waals surface area contributed by atoms with Crippen LogP contribution in [0, 0.1) is 0 Å². The second-order valence-electron chi connectivity index (χ2n) is 7.23. The van der Waals surface area contributed by atoms with Gasteiger partial charge in [0.25, 0.3) is 5.91 Å². The van der Waals surface area contributed by atoms with E-state index in [1.54, 1.807) is 6.20 Å². The average Bonchev–Trinajstić information content (AvgIpc) is 3.35. The highest BCUT2D eigenvalue weighted by Gasteiger charge is 2.52. The van der Waals surface area contributed by atoms with E-state index in [0.29, 0.717) is 16.3 Å². The Balaban J connectivity index is 0.000000364. The van der Waals surface area contributed by atoms with E-state index in [4.69, 9.17) is 15.0 Å². The number of carboxylic acid groups (broad SMARTS) is 1. The van der Waals surface area contributed by atoms with E-state index in [2.05, 4.69) is 20.8 Å². The van der Waals surface area contributed by atoms with Crippen LogP contribution in [0.4, 0.5) is 18.9 Å². The molecule has 1 unspecified atom stereocenters. The van der Waals surface area contributed by atoms with Crippen molar-refractivity contribution in [2.75, 3.05) is 5.32 Å². The number of hydrogen-bond donors (Lipinski definition) is 4. The number of benzene rings is 2. The van der Waals surface area contributed by atoms with Crippen LogP contribution < -0.4 is 15.9 Å². The molecule has 0 aliphatic carbocycles. The Morgan fingerprint density at radius 3 is 2.51 bits per heavy atom. The average molecular weight is 525 g/mol. The highest BCUT2D eigenvalue weighted by atomic mass is 32.2. The van der Waals surface area contributed by atoms with Crippen LogP contribution >= 0.6 is 11.8 Å². The number of nitrogens with two attached hydrogens (primary N) is 1. The Bertz CT molecular complexity index is 1510. The lowest BCUT2D eigenvalue weighted by atomic mass is 10.1. The molecule has 0 saturated heterocycles. The second kappa shape index (κ2) is 8.51. The number of rotatable bonds is 2. The van der Waals surface area contributed by atoms with Gasteiger partial charge in [0.15, 0.2) is 0 Å². The van der Waals surface area contributed by atoms with Gasteiger partial charge in [0.2, 0.25) is 14.9 Å². The van der Waals surface area contributed by atoms with E-state index in [1.165, 1.54) is 30.0 Å². The number of amides is 1. The minimum atomic E-state index is -5.08. The van der Waals surface area contributed by atoms with Crippen LogP contribution in [-0.4, -0.2) is 41.6 Å². The Hall–Kier alpha value is -3.69. The van der Waals surface area contributed by atoms with Crippen LogP contribution in [0.3, 0.4) is 0 Å².